The van der Waals surface area contributed by atoms with Crippen LogP contribution in [0.15, 0.2) is 48.7 Å². The quantitative estimate of drug-likeness (QED) is 0.436. The molecule has 5 rings (SSSR count). The molecule has 0 spiro atoms. The molecule has 2 aromatic heterocycles. The molecule has 0 amide bonds. The van der Waals surface area contributed by atoms with Crippen LogP contribution < -0.4 is 0 Å². The Labute approximate surface area is 183 Å². The number of methoxy groups -OCH3 is 1. The predicted octanol–water partition coefficient (Wildman–Crippen LogP) is 5.18. The number of hydrogen-bond donors (Lipinski definition) is 0. The Kier molecular flexibility index (Phi) is 5.70. The van der Waals surface area contributed by atoms with E-state index in [1.165, 1.54) is 27.6 Å². The van der Waals surface area contributed by atoms with Gasteiger partial charge in [0.15, 0.2) is 0 Å². The van der Waals surface area contributed by atoms with Crippen molar-refractivity contribution in [3.05, 3.63) is 60.0 Å². The highest BCUT2D eigenvalue weighted by Gasteiger charge is 2.20. The molecule has 31 heavy (non-hydrogen) atoms. The zero-order valence-electron chi connectivity index (χ0n) is 18.3. The topological polar surface area (TPSA) is 49.2 Å². The van der Waals surface area contributed by atoms with Gasteiger partial charge in [0.1, 0.15) is 11.3 Å². The molecule has 1 fully saturated rings. The van der Waals surface area contributed by atoms with Gasteiger partial charge >= 0.3 is 0 Å². The van der Waals surface area contributed by atoms with Gasteiger partial charge in [-0.1, -0.05) is 30.3 Å². The van der Waals surface area contributed by atoms with Crippen molar-refractivity contribution in [3.8, 4) is 11.1 Å². The van der Waals surface area contributed by atoms with E-state index >= 15 is 0 Å². The molecule has 0 saturated carbocycles. The van der Waals surface area contributed by atoms with Gasteiger partial charge in [-0.25, -0.2) is 4.98 Å². The van der Waals surface area contributed by atoms with Gasteiger partial charge in [0.25, 0.3) is 0 Å². The number of pyridine rings is 1. The van der Waals surface area contributed by atoms with E-state index in [0.29, 0.717) is 12.5 Å². The summed E-state index contributed by atoms with van der Waals surface area (Å²) in [6.07, 6.45) is 4.91. The lowest BCUT2D eigenvalue weighted by Gasteiger charge is -2.24. The number of imidazole rings is 1. The van der Waals surface area contributed by atoms with E-state index in [1.54, 1.807) is 7.11 Å². The lowest BCUT2D eigenvalue weighted by atomic mass is 9.98. The number of fused-ring (bicyclic) bond motifs is 3. The van der Waals surface area contributed by atoms with Gasteiger partial charge in [0, 0.05) is 38.7 Å². The van der Waals surface area contributed by atoms with Crippen LogP contribution in [0.3, 0.4) is 0 Å². The van der Waals surface area contributed by atoms with E-state index in [9.17, 15) is 0 Å². The number of nitrogens with zero attached hydrogens (tertiary/aromatic N) is 3. The molecule has 1 aliphatic heterocycles. The summed E-state index contributed by atoms with van der Waals surface area (Å²) in [6, 6.07) is 15.1. The van der Waals surface area contributed by atoms with E-state index in [4.69, 9.17) is 19.4 Å². The van der Waals surface area contributed by atoms with E-state index in [-0.39, 0.29) is 0 Å². The first-order valence-corrected chi connectivity index (χ1v) is 11.1. The third-order valence-corrected chi connectivity index (χ3v) is 6.42. The van der Waals surface area contributed by atoms with Crippen LogP contribution in [0.1, 0.15) is 24.2 Å². The molecule has 0 radical (unpaired) electrons. The SMILES string of the molecule is COCCc1nc2cnc3ccc(-c4ccccc4C)cc3c2n1CC1CCOCC1. The second-order valence-corrected chi connectivity index (χ2v) is 8.48. The summed E-state index contributed by atoms with van der Waals surface area (Å²) in [4.78, 5) is 9.70. The van der Waals surface area contributed by atoms with Crippen molar-refractivity contribution in [1.29, 1.82) is 0 Å². The van der Waals surface area contributed by atoms with Crippen molar-refractivity contribution in [2.24, 2.45) is 5.92 Å². The number of rotatable bonds is 6. The van der Waals surface area contributed by atoms with Gasteiger partial charge in [0.05, 0.1) is 23.8 Å². The van der Waals surface area contributed by atoms with Crippen molar-refractivity contribution in [2.75, 3.05) is 26.9 Å². The van der Waals surface area contributed by atoms with E-state index in [2.05, 4.69) is 54.0 Å². The predicted molar refractivity (Wildman–Crippen MR) is 124 cm³/mol. The van der Waals surface area contributed by atoms with Gasteiger partial charge < -0.3 is 14.0 Å². The average Bonchev–Trinajstić information content (AvgIpc) is 3.16. The molecule has 4 aromatic rings. The molecule has 1 saturated heterocycles. The van der Waals surface area contributed by atoms with Gasteiger partial charge in [-0.15, -0.1) is 0 Å². The number of ether oxygens (including phenoxy) is 2. The Morgan fingerprint density at radius 3 is 2.74 bits per heavy atom. The zero-order chi connectivity index (χ0) is 21.2. The smallest absolute Gasteiger partial charge is 0.112 e. The molecule has 0 unspecified atom stereocenters. The maximum atomic E-state index is 5.59. The van der Waals surface area contributed by atoms with Gasteiger partial charge in [-0.05, 0) is 54.5 Å². The highest BCUT2D eigenvalue weighted by atomic mass is 16.5. The van der Waals surface area contributed by atoms with Crippen LogP contribution in [-0.4, -0.2) is 41.5 Å². The van der Waals surface area contributed by atoms with Crippen molar-refractivity contribution in [1.82, 2.24) is 14.5 Å². The molecule has 5 nitrogen and oxygen atoms in total. The fraction of sp³-hybridized carbons (Fsp3) is 0.385. The Morgan fingerprint density at radius 2 is 1.94 bits per heavy atom. The number of aryl methyl sites for hydroxylation is 1. The van der Waals surface area contributed by atoms with Crippen molar-refractivity contribution >= 4 is 21.9 Å². The molecule has 0 atom stereocenters. The molecule has 5 heteroatoms. The fourth-order valence-corrected chi connectivity index (χ4v) is 4.69. The third-order valence-electron chi connectivity index (χ3n) is 6.42. The van der Waals surface area contributed by atoms with Crippen molar-refractivity contribution in [2.45, 2.75) is 32.7 Å². The zero-order valence-corrected chi connectivity index (χ0v) is 18.3. The van der Waals surface area contributed by atoms with Gasteiger partial charge in [-0.2, -0.15) is 0 Å². The summed E-state index contributed by atoms with van der Waals surface area (Å²) in [6.45, 7) is 5.50. The Balaban J connectivity index is 1.68. The van der Waals surface area contributed by atoms with Crippen LogP contribution in [0.25, 0.3) is 33.1 Å². The summed E-state index contributed by atoms with van der Waals surface area (Å²) in [5, 5.41) is 1.17. The van der Waals surface area contributed by atoms with Crippen LogP contribution >= 0.6 is 0 Å². The summed E-state index contributed by atoms with van der Waals surface area (Å²) >= 11 is 0. The monoisotopic (exact) mass is 415 g/mol. The minimum atomic E-state index is 0.607. The highest BCUT2D eigenvalue weighted by Crippen LogP contribution is 2.32. The maximum Gasteiger partial charge on any atom is 0.112 e. The molecule has 160 valence electrons. The Bertz CT molecular complexity index is 1210. The minimum absolute atomic E-state index is 0.607. The average molecular weight is 416 g/mol. The largest absolute Gasteiger partial charge is 0.384 e. The first-order valence-electron chi connectivity index (χ1n) is 11.1. The standard InChI is InChI=1S/C26H29N3O2/c1-18-5-3-4-6-21(18)20-7-8-23-22(15-20)26-24(16-27-23)28-25(11-12-30-2)29(26)17-19-9-13-31-14-10-19/h3-8,15-16,19H,9-14,17H2,1-2H3. The van der Waals surface area contributed by atoms with Crippen LogP contribution in [-0.2, 0) is 22.4 Å². The maximum absolute atomic E-state index is 5.59. The van der Waals surface area contributed by atoms with Crippen LogP contribution in [0.2, 0.25) is 0 Å². The number of hydrogen-bond acceptors (Lipinski definition) is 4. The van der Waals surface area contributed by atoms with Crippen LogP contribution in [0.5, 0.6) is 0 Å². The normalized spacial score (nSPS) is 15.2. The second-order valence-electron chi connectivity index (χ2n) is 8.48. The molecular weight excluding hydrogens is 386 g/mol. The molecule has 3 heterocycles. The Morgan fingerprint density at radius 1 is 1.10 bits per heavy atom. The van der Waals surface area contributed by atoms with Crippen LogP contribution in [0.4, 0.5) is 0 Å². The number of benzene rings is 2. The summed E-state index contributed by atoms with van der Waals surface area (Å²) in [7, 11) is 1.75. The Hall–Kier alpha value is -2.76. The first-order chi connectivity index (χ1) is 15.2. The van der Waals surface area contributed by atoms with Crippen LogP contribution in [0, 0.1) is 12.8 Å². The molecule has 1 aliphatic rings. The highest BCUT2D eigenvalue weighted by molar-refractivity contribution is 6.04. The molecule has 0 bridgehead atoms. The van der Waals surface area contributed by atoms with E-state index < -0.39 is 0 Å². The third kappa shape index (κ3) is 3.95. The molecule has 2 aromatic carbocycles. The van der Waals surface area contributed by atoms with Crippen molar-refractivity contribution < 1.29 is 9.47 Å². The summed E-state index contributed by atoms with van der Waals surface area (Å²) < 4.78 is 13.4. The van der Waals surface area contributed by atoms with Gasteiger partial charge in [-0.3, -0.25) is 4.98 Å². The number of aromatic nitrogens is 3. The fourth-order valence-electron chi connectivity index (χ4n) is 4.69. The summed E-state index contributed by atoms with van der Waals surface area (Å²) in [5.41, 5.74) is 6.93. The minimum Gasteiger partial charge on any atom is -0.384 e. The van der Waals surface area contributed by atoms with E-state index in [0.717, 1.165) is 55.9 Å². The lowest BCUT2D eigenvalue weighted by Crippen LogP contribution is -2.21. The molecular formula is C26H29N3O2. The first kappa shape index (κ1) is 20.2. The molecule has 0 aliphatic carbocycles. The van der Waals surface area contributed by atoms with Gasteiger partial charge in [0.2, 0.25) is 0 Å². The molecule has 0 N–H and O–H groups in total. The van der Waals surface area contributed by atoms with Crippen molar-refractivity contribution in [3.63, 3.8) is 0 Å². The summed E-state index contributed by atoms with van der Waals surface area (Å²) in [5.74, 6) is 1.69. The lowest BCUT2D eigenvalue weighted by molar-refractivity contribution is 0.0612. The second kappa shape index (κ2) is 8.77. The van der Waals surface area contributed by atoms with E-state index in [1.807, 2.05) is 6.20 Å².